The summed E-state index contributed by atoms with van der Waals surface area (Å²) in [6.07, 6.45) is -2.34. The van der Waals surface area contributed by atoms with Gasteiger partial charge >= 0.3 is 12.1 Å². The summed E-state index contributed by atoms with van der Waals surface area (Å²) < 4.78 is 62.8. The van der Waals surface area contributed by atoms with Crippen LogP contribution in [0.2, 0.25) is 0 Å². The number of piperidine rings is 1. The highest BCUT2D eigenvalue weighted by Gasteiger charge is 2.57. The average Bonchev–Trinajstić information content (AvgIpc) is 3.33. The normalized spacial score (nSPS) is 22.1. The Morgan fingerprint density at radius 3 is 2.23 bits per heavy atom. The number of hydrogen-bond donors (Lipinski definition) is 1. The van der Waals surface area contributed by atoms with Crippen molar-refractivity contribution >= 4 is 11.9 Å². The van der Waals surface area contributed by atoms with Crippen molar-refractivity contribution in [1.29, 1.82) is 0 Å². The minimum Gasteiger partial charge on any atom is -0.497 e. The predicted molar refractivity (Wildman–Crippen MR) is 156 cm³/mol. The van der Waals surface area contributed by atoms with E-state index in [1.807, 2.05) is 37.8 Å². The van der Waals surface area contributed by atoms with Crippen LogP contribution in [-0.4, -0.2) is 71.3 Å². The molecule has 0 unspecified atom stereocenters. The maximum absolute atomic E-state index is 17.1. The number of aliphatic carboxylic acids is 1. The van der Waals surface area contributed by atoms with Gasteiger partial charge in [0, 0.05) is 44.1 Å². The number of carbonyl (C=O) groups excluding carboxylic acids is 1. The summed E-state index contributed by atoms with van der Waals surface area (Å²) in [5.74, 6) is -1.57. The largest absolute Gasteiger partial charge is 0.497 e. The molecule has 2 atom stereocenters. The van der Waals surface area contributed by atoms with Gasteiger partial charge in [0.05, 0.1) is 12.7 Å². The molecule has 1 amide bonds. The Labute approximate surface area is 251 Å². The van der Waals surface area contributed by atoms with Gasteiger partial charge in [-0.15, -0.1) is 0 Å². The van der Waals surface area contributed by atoms with Gasteiger partial charge in [-0.05, 0) is 99.7 Å². The Hall–Kier alpha value is -3.14. The van der Waals surface area contributed by atoms with E-state index in [-0.39, 0.29) is 24.4 Å². The minimum atomic E-state index is -4.48. The third-order valence-electron chi connectivity index (χ3n) is 8.98. The van der Waals surface area contributed by atoms with Crippen LogP contribution >= 0.6 is 0 Å². The van der Waals surface area contributed by atoms with E-state index in [0.717, 1.165) is 17.2 Å². The van der Waals surface area contributed by atoms with Crippen LogP contribution in [-0.2, 0) is 22.2 Å². The number of amides is 1. The topological polar surface area (TPSA) is 70.1 Å². The summed E-state index contributed by atoms with van der Waals surface area (Å²) in [4.78, 5) is 28.4. The number of hydrogen-bond acceptors (Lipinski definition) is 4. The molecule has 43 heavy (non-hydrogen) atoms. The molecule has 2 aliphatic heterocycles. The Morgan fingerprint density at radius 2 is 1.67 bits per heavy atom. The van der Waals surface area contributed by atoms with Crippen LogP contribution in [0.5, 0.6) is 5.75 Å². The molecule has 2 aromatic rings. The fourth-order valence-corrected chi connectivity index (χ4v) is 6.40. The molecular formula is C33H42F4N2O4. The first kappa shape index (κ1) is 32.8. The van der Waals surface area contributed by atoms with Gasteiger partial charge in [0.25, 0.3) is 5.91 Å². The number of rotatable bonds is 9. The van der Waals surface area contributed by atoms with Crippen LogP contribution in [0.4, 0.5) is 17.6 Å². The molecule has 0 aliphatic carbocycles. The number of likely N-dealkylation sites (tertiary alicyclic amines) is 2. The van der Waals surface area contributed by atoms with Crippen molar-refractivity contribution in [2.75, 3.05) is 33.3 Å². The number of ether oxygens (including phenoxy) is 1. The molecule has 2 aromatic carbocycles. The van der Waals surface area contributed by atoms with Crippen molar-refractivity contribution in [3.63, 3.8) is 0 Å². The van der Waals surface area contributed by atoms with Gasteiger partial charge in [0.2, 0.25) is 5.67 Å². The molecule has 4 rings (SSSR count). The Kier molecular flexibility index (Phi) is 9.79. The van der Waals surface area contributed by atoms with E-state index < -0.39 is 35.2 Å². The first-order valence-electron chi connectivity index (χ1n) is 14.9. The number of halogens is 4. The summed E-state index contributed by atoms with van der Waals surface area (Å²) in [6, 6.07) is 10.9. The molecular weight excluding hydrogens is 564 g/mol. The van der Waals surface area contributed by atoms with Crippen LogP contribution in [0, 0.1) is 0 Å². The summed E-state index contributed by atoms with van der Waals surface area (Å²) in [5, 5.41) is 8.93. The quantitative estimate of drug-likeness (QED) is 0.251. The Morgan fingerprint density at radius 1 is 1.02 bits per heavy atom. The molecule has 2 heterocycles. The number of carboxylic acid groups (broad SMARTS) is 1. The summed E-state index contributed by atoms with van der Waals surface area (Å²) >= 11 is 0. The Bertz CT molecular complexity index is 1280. The van der Waals surface area contributed by atoms with E-state index in [1.165, 1.54) is 12.1 Å². The highest BCUT2D eigenvalue weighted by molar-refractivity contribution is 5.87. The number of aryl methyl sites for hydroxylation is 1. The van der Waals surface area contributed by atoms with Crippen LogP contribution in [0.1, 0.15) is 87.0 Å². The molecule has 0 spiro atoms. The second-order valence-electron chi connectivity index (χ2n) is 12.8. The molecule has 1 N–H and O–H groups in total. The van der Waals surface area contributed by atoms with Crippen LogP contribution in [0.15, 0.2) is 42.5 Å². The second-order valence-corrected chi connectivity index (χ2v) is 12.8. The smallest absolute Gasteiger partial charge is 0.416 e. The highest BCUT2D eigenvalue weighted by Crippen LogP contribution is 2.44. The molecule has 6 nitrogen and oxygen atoms in total. The van der Waals surface area contributed by atoms with Crippen molar-refractivity contribution in [3.05, 3.63) is 64.7 Å². The second kappa shape index (κ2) is 12.8. The molecule has 0 saturated carbocycles. The lowest BCUT2D eigenvalue weighted by Gasteiger charge is -2.38. The number of carboxylic acids is 1. The first-order valence-corrected chi connectivity index (χ1v) is 14.9. The zero-order chi connectivity index (χ0) is 31.6. The fraction of sp³-hybridized carbons (Fsp3) is 0.576. The van der Waals surface area contributed by atoms with Gasteiger partial charge in [0.15, 0.2) is 0 Å². The van der Waals surface area contributed by atoms with E-state index in [2.05, 4.69) is 0 Å². The standard InChI is InChI=1S/C33H42F4N2O4/c1-31(2,3)39-20-28(23-9-12-26(43-4)13-10-23)32(34,21-39)30(42)38-17-15-22(16-18-38)27-14-11-25(33(35,36)37)19-24(27)7-5-6-8-29(40)41/h9-14,19,22,28H,5-8,15-18,20-21H2,1-4H3,(H,40,41)/t28-,32-/m0/s1. The number of unbranched alkanes of at least 4 members (excludes halogenated alkanes) is 1. The van der Waals surface area contributed by atoms with Crippen molar-refractivity contribution < 1.29 is 37.0 Å². The Balaban J connectivity index is 1.51. The van der Waals surface area contributed by atoms with E-state index in [9.17, 15) is 22.8 Å². The predicted octanol–water partition coefficient (Wildman–Crippen LogP) is 6.82. The molecule has 0 bridgehead atoms. The average molecular weight is 607 g/mol. The van der Waals surface area contributed by atoms with Gasteiger partial charge in [-0.25, -0.2) is 4.39 Å². The first-order chi connectivity index (χ1) is 20.1. The van der Waals surface area contributed by atoms with Gasteiger partial charge in [-0.2, -0.15) is 13.2 Å². The van der Waals surface area contributed by atoms with Crippen molar-refractivity contribution in [2.45, 2.75) is 88.5 Å². The van der Waals surface area contributed by atoms with Crippen molar-refractivity contribution in [1.82, 2.24) is 9.80 Å². The number of alkyl halides is 4. The molecule has 2 aliphatic rings. The zero-order valence-corrected chi connectivity index (χ0v) is 25.3. The van der Waals surface area contributed by atoms with Crippen molar-refractivity contribution in [3.8, 4) is 5.75 Å². The molecule has 2 saturated heterocycles. The molecule has 10 heteroatoms. The van der Waals surface area contributed by atoms with Gasteiger partial charge < -0.3 is 14.7 Å². The SMILES string of the molecule is COc1ccc([C@@H]2CN(C(C)(C)C)C[C@@]2(F)C(=O)N2CCC(c3ccc(C(F)(F)F)cc3CCCCC(=O)O)CC2)cc1. The zero-order valence-electron chi connectivity index (χ0n) is 25.3. The van der Waals surface area contributed by atoms with E-state index in [0.29, 0.717) is 63.1 Å². The molecule has 2 fully saturated rings. The lowest BCUT2D eigenvalue weighted by atomic mass is 9.82. The monoisotopic (exact) mass is 606 g/mol. The lowest BCUT2D eigenvalue weighted by molar-refractivity contribution is -0.145. The fourth-order valence-electron chi connectivity index (χ4n) is 6.40. The summed E-state index contributed by atoms with van der Waals surface area (Å²) in [5.41, 5.74) is -1.11. The van der Waals surface area contributed by atoms with Crippen LogP contribution < -0.4 is 4.74 Å². The number of benzene rings is 2. The molecule has 236 valence electrons. The lowest BCUT2D eigenvalue weighted by Crippen LogP contribution is -2.53. The number of nitrogens with zero attached hydrogens (tertiary/aromatic N) is 2. The summed E-state index contributed by atoms with van der Waals surface area (Å²) in [6.45, 7) is 6.99. The molecule has 0 aromatic heterocycles. The summed E-state index contributed by atoms with van der Waals surface area (Å²) in [7, 11) is 1.56. The van der Waals surface area contributed by atoms with Crippen LogP contribution in [0.3, 0.4) is 0 Å². The maximum atomic E-state index is 17.1. The highest BCUT2D eigenvalue weighted by atomic mass is 19.4. The van der Waals surface area contributed by atoms with E-state index in [4.69, 9.17) is 9.84 Å². The number of methoxy groups -OCH3 is 1. The third-order valence-corrected chi connectivity index (χ3v) is 8.98. The van der Waals surface area contributed by atoms with Crippen LogP contribution in [0.25, 0.3) is 0 Å². The number of carbonyl (C=O) groups is 2. The van der Waals surface area contributed by atoms with E-state index >= 15 is 4.39 Å². The van der Waals surface area contributed by atoms with Gasteiger partial charge in [0.1, 0.15) is 5.75 Å². The third kappa shape index (κ3) is 7.51. The van der Waals surface area contributed by atoms with Gasteiger partial charge in [-0.1, -0.05) is 18.2 Å². The minimum absolute atomic E-state index is 0.0225. The van der Waals surface area contributed by atoms with E-state index in [1.54, 1.807) is 24.1 Å². The molecule has 0 radical (unpaired) electrons. The van der Waals surface area contributed by atoms with Crippen molar-refractivity contribution in [2.24, 2.45) is 0 Å². The van der Waals surface area contributed by atoms with Gasteiger partial charge in [-0.3, -0.25) is 14.5 Å². The maximum Gasteiger partial charge on any atom is 0.416 e.